The summed E-state index contributed by atoms with van der Waals surface area (Å²) < 4.78 is 18.9. The average molecular weight is 403 g/mol. The minimum atomic E-state index is -0.539. The first-order valence-corrected chi connectivity index (χ1v) is 9.04. The van der Waals surface area contributed by atoms with Crippen LogP contribution in [0.3, 0.4) is 0 Å². The van der Waals surface area contributed by atoms with Gasteiger partial charge in [0.1, 0.15) is 18.2 Å². The molecule has 0 saturated carbocycles. The van der Waals surface area contributed by atoms with Crippen LogP contribution in [0.25, 0.3) is 0 Å². The van der Waals surface area contributed by atoms with Gasteiger partial charge < -0.3 is 20.8 Å². The Bertz CT molecular complexity index is 934. The van der Waals surface area contributed by atoms with E-state index in [1.807, 2.05) is 6.07 Å². The van der Waals surface area contributed by atoms with E-state index >= 15 is 0 Å². The molecule has 0 radical (unpaired) electrons. The summed E-state index contributed by atoms with van der Waals surface area (Å²) >= 11 is 6.29. The highest BCUT2D eigenvalue weighted by atomic mass is 35.5. The van der Waals surface area contributed by atoms with Crippen LogP contribution in [0, 0.1) is 5.82 Å². The quantitative estimate of drug-likeness (QED) is 0.513. The molecular weight excluding hydrogens is 383 g/mol. The first-order valence-electron chi connectivity index (χ1n) is 8.67. The molecule has 28 heavy (non-hydrogen) atoms. The second-order valence-corrected chi connectivity index (χ2v) is 6.71. The number of nitrogens with one attached hydrogen (secondary N) is 2. The lowest BCUT2D eigenvalue weighted by Crippen LogP contribution is -2.42. The zero-order chi connectivity index (χ0) is 19.9. The SMILES string of the molecule is NC(=O)C(Cc1cnc[nH]1)NCc1ccc(OCc2cccc(F)c2)c(Cl)c1. The molecule has 1 atom stereocenters. The van der Waals surface area contributed by atoms with E-state index in [0.717, 1.165) is 11.3 Å². The van der Waals surface area contributed by atoms with Gasteiger partial charge in [-0.05, 0) is 35.4 Å². The van der Waals surface area contributed by atoms with Gasteiger partial charge in [0.15, 0.2) is 0 Å². The Kier molecular flexibility index (Phi) is 6.62. The number of carbonyl (C=O) groups is 1. The van der Waals surface area contributed by atoms with E-state index in [9.17, 15) is 9.18 Å². The first kappa shape index (κ1) is 19.9. The zero-order valence-electron chi connectivity index (χ0n) is 15.0. The Labute approximate surface area is 166 Å². The summed E-state index contributed by atoms with van der Waals surface area (Å²) in [7, 11) is 0. The number of nitrogens with two attached hydrogens (primary N) is 1. The highest BCUT2D eigenvalue weighted by Gasteiger charge is 2.16. The van der Waals surface area contributed by atoms with Crippen LogP contribution in [0.1, 0.15) is 16.8 Å². The Morgan fingerprint density at radius 1 is 1.29 bits per heavy atom. The van der Waals surface area contributed by atoms with Gasteiger partial charge in [-0.1, -0.05) is 29.8 Å². The highest BCUT2D eigenvalue weighted by molar-refractivity contribution is 6.32. The lowest BCUT2D eigenvalue weighted by Gasteiger charge is -2.15. The summed E-state index contributed by atoms with van der Waals surface area (Å²) in [4.78, 5) is 18.5. The smallest absolute Gasteiger partial charge is 0.234 e. The summed E-state index contributed by atoms with van der Waals surface area (Å²) in [5.41, 5.74) is 7.87. The maximum atomic E-state index is 13.2. The molecule has 4 N–H and O–H groups in total. The van der Waals surface area contributed by atoms with Crippen LogP contribution in [-0.4, -0.2) is 21.9 Å². The predicted molar refractivity (Wildman–Crippen MR) is 104 cm³/mol. The Balaban J connectivity index is 1.57. The fourth-order valence-corrected chi connectivity index (χ4v) is 2.95. The van der Waals surface area contributed by atoms with Crippen molar-refractivity contribution >= 4 is 17.5 Å². The van der Waals surface area contributed by atoms with E-state index in [2.05, 4.69) is 15.3 Å². The summed E-state index contributed by atoms with van der Waals surface area (Å²) in [6.07, 6.45) is 3.62. The number of H-pyrrole nitrogens is 1. The van der Waals surface area contributed by atoms with Gasteiger partial charge >= 0.3 is 0 Å². The third-order valence-electron chi connectivity index (χ3n) is 4.15. The van der Waals surface area contributed by atoms with Crippen LogP contribution < -0.4 is 15.8 Å². The van der Waals surface area contributed by atoms with E-state index in [-0.39, 0.29) is 12.4 Å². The molecule has 0 fully saturated rings. The number of rotatable bonds is 9. The van der Waals surface area contributed by atoms with Crippen molar-refractivity contribution in [2.24, 2.45) is 5.73 Å². The van der Waals surface area contributed by atoms with Crippen LogP contribution >= 0.6 is 11.6 Å². The molecule has 1 aromatic heterocycles. The molecule has 0 spiro atoms. The van der Waals surface area contributed by atoms with Crippen molar-refractivity contribution in [3.05, 3.63) is 82.6 Å². The summed E-state index contributed by atoms with van der Waals surface area (Å²) in [5, 5.41) is 3.55. The molecule has 1 amide bonds. The molecule has 3 rings (SSSR count). The van der Waals surface area contributed by atoms with Crippen LogP contribution in [0.4, 0.5) is 4.39 Å². The Morgan fingerprint density at radius 3 is 2.82 bits per heavy atom. The van der Waals surface area contributed by atoms with E-state index in [1.165, 1.54) is 12.1 Å². The monoisotopic (exact) mass is 402 g/mol. The molecular formula is C20H20ClFN4O2. The standard InChI is InChI=1S/C20H20ClFN4O2/c21-17-7-13(9-25-18(20(23)27)8-16-10-24-12-26-16)4-5-19(17)28-11-14-2-1-3-15(22)6-14/h1-7,10,12,18,25H,8-9,11H2,(H2,23,27)(H,24,26). The summed E-state index contributed by atoms with van der Waals surface area (Å²) in [6.45, 7) is 0.620. The van der Waals surface area contributed by atoms with Gasteiger partial charge in [0, 0.05) is 24.9 Å². The van der Waals surface area contributed by atoms with Gasteiger partial charge in [-0.25, -0.2) is 9.37 Å². The lowest BCUT2D eigenvalue weighted by molar-refractivity contribution is -0.120. The molecule has 0 saturated heterocycles. The molecule has 0 bridgehead atoms. The second-order valence-electron chi connectivity index (χ2n) is 6.30. The average Bonchev–Trinajstić information content (AvgIpc) is 3.17. The number of amides is 1. The highest BCUT2D eigenvalue weighted by Crippen LogP contribution is 2.26. The van der Waals surface area contributed by atoms with Gasteiger partial charge in [0.25, 0.3) is 0 Å². The van der Waals surface area contributed by atoms with Crippen LogP contribution in [0.15, 0.2) is 55.0 Å². The lowest BCUT2D eigenvalue weighted by atomic mass is 10.1. The number of ether oxygens (including phenoxy) is 1. The molecule has 2 aromatic carbocycles. The maximum Gasteiger partial charge on any atom is 0.234 e. The third-order valence-corrected chi connectivity index (χ3v) is 4.45. The largest absolute Gasteiger partial charge is 0.487 e. The third kappa shape index (κ3) is 5.55. The number of benzene rings is 2. The number of hydrogen-bond acceptors (Lipinski definition) is 4. The molecule has 6 nitrogen and oxygen atoms in total. The van der Waals surface area contributed by atoms with Crippen molar-refractivity contribution in [3.8, 4) is 5.75 Å². The Hall–Kier alpha value is -2.90. The van der Waals surface area contributed by atoms with E-state index < -0.39 is 11.9 Å². The number of carbonyl (C=O) groups excluding carboxylic acids is 1. The minimum Gasteiger partial charge on any atom is -0.487 e. The second kappa shape index (κ2) is 9.34. The molecule has 1 heterocycles. The van der Waals surface area contributed by atoms with Crippen molar-refractivity contribution < 1.29 is 13.9 Å². The fourth-order valence-electron chi connectivity index (χ4n) is 2.69. The molecule has 1 unspecified atom stereocenters. The number of aromatic nitrogens is 2. The molecule has 3 aromatic rings. The van der Waals surface area contributed by atoms with Crippen molar-refractivity contribution in [1.82, 2.24) is 15.3 Å². The fraction of sp³-hybridized carbons (Fsp3) is 0.200. The molecule has 146 valence electrons. The van der Waals surface area contributed by atoms with E-state index in [0.29, 0.717) is 29.3 Å². The zero-order valence-corrected chi connectivity index (χ0v) is 15.7. The number of imidazole rings is 1. The predicted octanol–water partition coefficient (Wildman–Crippen LogP) is 2.97. The van der Waals surface area contributed by atoms with Gasteiger partial charge in [-0.2, -0.15) is 0 Å². The van der Waals surface area contributed by atoms with Crippen molar-refractivity contribution in [2.45, 2.75) is 25.6 Å². The number of halogens is 2. The van der Waals surface area contributed by atoms with Gasteiger partial charge in [-0.15, -0.1) is 0 Å². The van der Waals surface area contributed by atoms with Crippen molar-refractivity contribution in [2.75, 3.05) is 0 Å². The van der Waals surface area contributed by atoms with Crippen LogP contribution in [0.5, 0.6) is 5.75 Å². The maximum absolute atomic E-state index is 13.2. The van der Waals surface area contributed by atoms with E-state index in [1.54, 1.807) is 36.8 Å². The first-order chi connectivity index (χ1) is 13.5. The van der Waals surface area contributed by atoms with Crippen molar-refractivity contribution in [1.29, 1.82) is 0 Å². The van der Waals surface area contributed by atoms with E-state index in [4.69, 9.17) is 22.1 Å². The normalized spacial score (nSPS) is 11.9. The number of nitrogens with zero attached hydrogens (tertiary/aromatic N) is 1. The topological polar surface area (TPSA) is 93.0 Å². The molecule has 0 aliphatic carbocycles. The van der Waals surface area contributed by atoms with Gasteiger partial charge in [0.2, 0.25) is 5.91 Å². The number of primary amides is 1. The summed E-state index contributed by atoms with van der Waals surface area (Å²) in [5.74, 6) is -0.262. The van der Waals surface area contributed by atoms with Crippen molar-refractivity contribution in [3.63, 3.8) is 0 Å². The summed E-state index contributed by atoms with van der Waals surface area (Å²) in [6, 6.07) is 11.0. The Morgan fingerprint density at radius 2 is 2.14 bits per heavy atom. The van der Waals surface area contributed by atoms with Gasteiger partial charge in [-0.3, -0.25) is 4.79 Å². The molecule has 0 aliphatic heterocycles. The van der Waals surface area contributed by atoms with Crippen LogP contribution in [0.2, 0.25) is 5.02 Å². The van der Waals surface area contributed by atoms with Crippen LogP contribution in [-0.2, 0) is 24.4 Å². The number of aromatic amines is 1. The van der Waals surface area contributed by atoms with Gasteiger partial charge in [0.05, 0.1) is 17.4 Å². The molecule has 0 aliphatic rings. The minimum absolute atomic E-state index is 0.211. The molecule has 8 heteroatoms. The number of hydrogen-bond donors (Lipinski definition) is 3.